The topological polar surface area (TPSA) is 118 Å². The number of pyridine rings is 1. The highest BCUT2D eigenvalue weighted by Crippen LogP contribution is 2.31. The summed E-state index contributed by atoms with van der Waals surface area (Å²) in [5.41, 5.74) is 2.84. The molecule has 1 aliphatic rings. The molecule has 10 nitrogen and oxygen atoms in total. The average Bonchev–Trinajstić information content (AvgIpc) is 2.84. The van der Waals surface area contributed by atoms with Crippen LogP contribution in [0.5, 0.6) is 0 Å². The van der Waals surface area contributed by atoms with Gasteiger partial charge in [0.1, 0.15) is 11.6 Å². The van der Waals surface area contributed by atoms with Crippen molar-refractivity contribution in [2.75, 3.05) is 36.9 Å². The maximum atomic E-state index is 14.0. The lowest BCUT2D eigenvalue weighted by atomic mass is 10.1. The van der Waals surface area contributed by atoms with Crippen LogP contribution in [0.1, 0.15) is 38.0 Å². The second kappa shape index (κ2) is 11.0. The molecule has 0 bridgehead atoms. The van der Waals surface area contributed by atoms with Crippen molar-refractivity contribution in [1.82, 2.24) is 29.8 Å². The fraction of sp³-hybridized carbons (Fsp3) is 0.417. The van der Waals surface area contributed by atoms with Crippen LogP contribution < -0.4 is 10.6 Å². The molecule has 3 aromatic heterocycles. The number of anilines is 3. The van der Waals surface area contributed by atoms with Gasteiger partial charge in [-0.05, 0) is 6.42 Å². The molecule has 0 aromatic carbocycles. The number of rotatable bonds is 8. The van der Waals surface area contributed by atoms with Gasteiger partial charge in [0.05, 0.1) is 42.7 Å². The maximum Gasteiger partial charge on any atom is 0.303 e. The second-order valence-corrected chi connectivity index (χ2v) is 8.51. The molecule has 190 valence electrons. The van der Waals surface area contributed by atoms with Gasteiger partial charge in [0.15, 0.2) is 0 Å². The van der Waals surface area contributed by atoms with Gasteiger partial charge in [-0.2, -0.15) is 8.78 Å². The number of aryl methyl sites for hydroxylation is 1. The minimum Gasteiger partial charge on any atom is -0.379 e. The summed E-state index contributed by atoms with van der Waals surface area (Å²) in [6.07, 6.45) is 5.33. The molecular weight excluding hydrogens is 470 g/mol. The Morgan fingerprint density at radius 3 is 2.47 bits per heavy atom. The summed E-state index contributed by atoms with van der Waals surface area (Å²) in [5, 5.41) is 5.71. The number of carbonyl (C=O) groups is 1. The Morgan fingerprint density at radius 1 is 1.06 bits per heavy atom. The van der Waals surface area contributed by atoms with Crippen LogP contribution >= 0.6 is 0 Å². The molecule has 12 heteroatoms. The van der Waals surface area contributed by atoms with Crippen LogP contribution in [0.25, 0.3) is 11.3 Å². The zero-order valence-electron chi connectivity index (χ0n) is 20.4. The van der Waals surface area contributed by atoms with Gasteiger partial charge in [0.2, 0.25) is 11.7 Å². The molecule has 0 atom stereocenters. The molecule has 1 fully saturated rings. The highest BCUT2D eigenvalue weighted by atomic mass is 19.3. The molecule has 0 saturated carbocycles. The normalized spacial score (nSPS) is 14.5. The van der Waals surface area contributed by atoms with E-state index in [4.69, 9.17) is 4.74 Å². The predicted octanol–water partition coefficient (Wildman–Crippen LogP) is 3.54. The van der Waals surface area contributed by atoms with Crippen LogP contribution in [0.2, 0.25) is 0 Å². The van der Waals surface area contributed by atoms with Crippen molar-refractivity contribution >= 4 is 23.2 Å². The van der Waals surface area contributed by atoms with E-state index in [1.807, 2.05) is 6.92 Å². The van der Waals surface area contributed by atoms with Gasteiger partial charge < -0.3 is 15.4 Å². The maximum absolute atomic E-state index is 14.0. The van der Waals surface area contributed by atoms with Crippen LogP contribution in [-0.4, -0.2) is 62.0 Å². The Labute approximate surface area is 207 Å². The monoisotopic (exact) mass is 498 g/mol. The molecule has 4 heterocycles. The van der Waals surface area contributed by atoms with Crippen molar-refractivity contribution in [1.29, 1.82) is 0 Å². The summed E-state index contributed by atoms with van der Waals surface area (Å²) in [4.78, 5) is 35.2. The molecule has 1 saturated heterocycles. The van der Waals surface area contributed by atoms with E-state index in [9.17, 15) is 13.6 Å². The summed E-state index contributed by atoms with van der Waals surface area (Å²) in [7, 11) is 0. The van der Waals surface area contributed by atoms with Gasteiger partial charge in [0, 0.05) is 63.1 Å². The molecular formula is C24H28F2N8O2. The number of nitrogens with zero attached hydrogens (tertiary/aromatic N) is 6. The minimum atomic E-state index is -3.20. The van der Waals surface area contributed by atoms with Crippen LogP contribution in [0.4, 0.5) is 26.1 Å². The van der Waals surface area contributed by atoms with Crippen molar-refractivity contribution in [3.05, 3.63) is 47.9 Å². The van der Waals surface area contributed by atoms with Gasteiger partial charge in [-0.3, -0.25) is 19.7 Å². The van der Waals surface area contributed by atoms with E-state index in [1.165, 1.54) is 13.1 Å². The first-order chi connectivity index (χ1) is 17.2. The van der Waals surface area contributed by atoms with E-state index in [0.29, 0.717) is 48.8 Å². The molecule has 4 rings (SSSR count). The summed E-state index contributed by atoms with van der Waals surface area (Å²) in [6, 6.07) is 3.20. The predicted molar refractivity (Wildman–Crippen MR) is 130 cm³/mol. The second-order valence-electron chi connectivity index (χ2n) is 8.51. The van der Waals surface area contributed by atoms with Crippen LogP contribution in [0.3, 0.4) is 0 Å². The van der Waals surface area contributed by atoms with E-state index in [-0.39, 0.29) is 17.5 Å². The highest BCUT2D eigenvalue weighted by molar-refractivity contribution is 5.89. The molecule has 0 spiro atoms. The third-order valence-electron chi connectivity index (χ3n) is 5.48. The molecule has 1 amide bonds. The van der Waals surface area contributed by atoms with E-state index >= 15 is 0 Å². The zero-order chi connectivity index (χ0) is 25.7. The van der Waals surface area contributed by atoms with Gasteiger partial charge in [-0.15, -0.1) is 0 Å². The lowest BCUT2D eigenvalue weighted by Crippen LogP contribution is -2.35. The first-order valence-electron chi connectivity index (χ1n) is 11.6. The third kappa shape index (κ3) is 6.52. The van der Waals surface area contributed by atoms with Gasteiger partial charge in [-0.1, -0.05) is 6.92 Å². The number of alkyl halides is 2. The van der Waals surface area contributed by atoms with Crippen molar-refractivity contribution in [2.45, 2.75) is 39.7 Å². The van der Waals surface area contributed by atoms with Crippen molar-refractivity contribution in [3.63, 3.8) is 0 Å². The Morgan fingerprint density at radius 2 is 1.83 bits per heavy atom. The van der Waals surface area contributed by atoms with Crippen LogP contribution in [0, 0.1) is 0 Å². The molecule has 2 N–H and O–H groups in total. The first-order valence-corrected chi connectivity index (χ1v) is 11.6. The number of ether oxygens (including phenoxy) is 1. The minimum absolute atomic E-state index is 0.191. The van der Waals surface area contributed by atoms with Crippen molar-refractivity contribution in [3.8, 4) is 11.3 Å². The number of hydrogen-bond donors (Lipinski definition) is 2. The fourth-order valence-corrected chi connectivity index (χ4v) is 3.65. The number of hydrogen-bond acceptors (Lipinski definition) is 9. The molecule has 0 unspecified atom stereocenters. The van der Waals surface area contributed by atoms with Crippen LogP contribution in [-0.2, 0) is 28.4 Å². The average molecular weight is 499 g/mol. The van der Waals surface area contributed by atoms with Gasteiger partial charge in [0.25, 0.3) is 0 Å². The smallest absolute Gasteiger partial charge is 0.303 e. The fourth-order valence-electron chi connectivity index (χ4n) is 3.65. The quantitative estimate of drug-likeness (QED) is 0.481. The number of aromatic nitrogens is 5. The standard InChI is InChI=1S/C24H28F2N8O2/c1-4-16-9-22(33-23(31-16)24(3,25)26)32-19-10-21(30-15(2)35)29-12-18(19)20-13-27-17(11-28-20)14-34-5-7-36-8-6-34/h9-13H,4-8,14H2,1-3H3,(H2,29,30,31,32,33,35). The highest BCUT2D eigenvalue weighted by Gasteiger charge is 2.29. The Balaban J connectivity index is 1.66. The molecule has 0 aliphatic carbocycles. The van der Waals surface area contributed by atoms with Gasteiger partial charge in [-0.25, -0.2) is 15.0 Å². The van der Waals surface area contributed by atoms with Crippen LogP contribution in [0.15, 0.2) is 30.7 Å². The summed E-state index contributed by atoms with van der Waals surface area (Å²) < 4.78 is 33.4. The molecule has 3 aromatic rings. The SMILES string of the molecule is CCc1cc(Nc2cc(NC(C)=O)ncc2-c2cnc(CN3CCOCC3)cn2)nc(C(C)(F)F)n1. The van der Waals surface area contributed by atoms with Crippen molar-refractivity contribution < 1.29 is 18.3 Å². The van der Waals surface area contributed by atoms with E-state index < -0.39 is 11.7 Å². The number of halogens is 2. The summed E-state index contributed by atoms with van der Waals surface area (Å²) in [6.45, 7) is 7.68. The van der Waals surface area contributed by atoms with E-state index in [0.717, 1.165) is 25.7 Å². The Hall–Kier alpha value is -3.64. The third-order valence-corrected chi connectivity index (χ3v) is 5.48. The zero-order valence-corrected chi connectivity index (χ0v) is 20.4. The number of nitrogens with one attached hydrogen (secondary N) is 2. The van der Waals surface area contributed by atoms with E-state index in [1.54, 1.807) is 24.5 Å². The summed E-state index contributed by atoms with van der Waals surface area (Å²) >= 11 is 0. The Bertz CT molecular complexity index is 1210. The number of morpholine rings is 1. The largest absolute Gasteiger partial charge is 0.379 e. The number of carbonyl (C=O) groups excluding carboxylic acids is 1. The van der Waals surface area contributed by atoms with Gasteiger partial charge >= 0.3 is 5.92 Å². The summed E-state index contributed by atoms with van der Waals surface area (Å²) in [5.74, 6) is -3.59. The molecule has 0 radical (unpaired) electrons. The molecule has 1 aliphatic heterocycles. The van der Waals surface area contributed by atoms with Crippen molar-refractivity contribution in [2.24, 2.45) is 0 Å². The lowest BCUT2D eigenvalue weighted by Gasteiger charge is -2.26. The first kappa shape index (κ1) is 25.5. The Kier molecular flexibility index (Phi) is 7.75. The van der Waals surface area contributed by atoms with E-state index in [2.05, 4.69) is 40.5 Å². The lowest BCUT2D eigenvalue weighted by molar-refractivity contribution is -0.114. The number of amides is 1. The molecule has 36 heavy (non-hydrogen) atoms.